The molecule has 3 rings (SSSR count). The van der Waals surface area contributed by atoms with Gasteiger partial charge in [0.15, 0.2) is 6.61 Å². The second-order valence-electron chi connectivity index (χ2n) is 6.38. The third-order valence-corrected chi connectivity index (χ3v) is 6.27. The van der Waals surface area contributed by atoms with Crippen LogP contribution in [0.25, 0.3) is 6.08 Å². The summed E-state index contributed by atoms with van der Waals surface area (Å²) >= 11 is 7.30. The molecule has 8 nitrogen and oxygen atoms in total. The van der Waals surface area contributed by atoms with Crippen LogP contribution in [0.1, 0.15) is 11.1 Å². The molecule has 31 heavy (non-hydrogen) atoms. The molecule has 2 N–H and O–H groups in total. The van der Waals surface area contributed by atoms with Crippen molar-refractivity contribution in [2.45, 2.75) is 6.92 Å². The smallest absolute Gasteiger partial charge is 0.341 e. The molecule has 160 valence electrons. The number of nitrogens with one attached hydrogen (secondary N) is 1. The van der Waals surface area contributed by atoms with Gasteiger partial charge in [0.2, 0.25) is 0 Å². The summed E-state index contributed by atoms with van der Waals surface area (Å²) in [6.45, 7) is 1.26. The molecule has 11 heteroatoms. The highest BCUT2D eigenvalue weighted by Crippen LogP contribution is 2.31. The van der Waals surface area contributed by atoms with E-state index >= 15 is 0 Å². The molecular weight excluding hydrogens is 698 g/mol. The number of anilines is 1. The van der Waals surface area contributed by atoms with Gasteiger partial charge in [-0.3, -0.25) is 14.9 Å². The molecule has 2 aromatic rings. The number of amides is 4. The molecule has 0 aliphatic carbocycles. The first-order valence-corrected chi connectivity index (χ1v) is 11.5. The lowest BCUT2D eigenvalue weighted by Crippen LogP contribution is -2.54. The first kappa shape index (κ1) is 23.7. The average molecular weight is 711 g/mol. The first-order chi connectivity index (χ1) is 14.6. The van der Waals surface area contributed by atoms with Gasteiger partial charge in [-0.1, -0.05) is 15.9 Å². The fourth-order valence-corrected chi connectivity index (χ4v) is 5.45. The number of carbonyl (C=O) groups excluding carboxylic acids is 3. The number of hydrogen-bond donors (Lipinski definition) is 2. The number of aliphatic carboxylic acids is 1. The van der Waals surface area contributed by atoms with E-state index in [0.29, 0.717) is 29.7 Å². The molecule has 0 aromatic heterocycles. The maximum absolute atomic E-state index is 13.1. The highest BCUT2D eigenvalue weighted by molar-refractivity contribution is 14.1. The highest BCUT2D eigenvalue weighted by Gasteiger charge is 2.37. The molecule has 0 spiro atoms. The third-order valence-electron chi connectivity index (χ3n) is 4.17. The minimum Gasteiger partial charge on any atom is -0.480 e. The summed E-state index contributed by atoms with van der Waals surface area (Å²) in [4.78, 5) is 49.6. The molecule has 1 aliphatic rings. The van der Waals surface area contributed by atoms with Crippen LogP contribution in [0.3, 0.4) is 0 Å². The number of barbiturate groups is 1. The highest BCUT2D eigenvalue weighted by atomic mass is 127. The molecule has 2 aromatic carbocycles. The molecule has 0 unspecified atom stereocenters. The quantitative estimate of drug-likeness (QED) is 0.275. The van der Waals surface area contributed by atoms with E-state index < -0.39 is 30.4 Å². The number of benzene rings is 2. The van der Waals surface area contributed by atoms with Crippen molar-refractivity contribution in [2.24, 2.45) is 0 Å². The van der Waals surface area contributed by atoms with E-state index in [1.165, 1.54) is 6.08 Å². The van der Waals surface area contributed by atoms with Gasteiger partial charge < -0.3 is 9.84 Å². The van der Waals surface area contributed by atoms with Gasteiger partial charge in [-0.15, -0.1) is 0 Å². The summed E-state index contributed by atoms with van der Waals surface area (Å²) in [6.07, 6.45) is 1.39. The van der Waals surface area contributed by atoms with Crippen LogP contribution in [0.4, 0.5) is 10.5 Å². The van der Waals surface area contributed by atoms with Crippen molar-refractivity contribution >= 4 is 96.7 Å². The van der Waals surface area contributed by atoms with Crippen LogP contribution >= 0.6 is 61.1 Å². The van der Waals surface area contributed by atoms with Gasteiger partial charge >= 0.3 is 12.0 Å². The third kappa shape index (κ3) is 5.26. The van der Waals surface area contributed by atoms with Crippen LogP contribution in [0.2, 0.25) is 0 Å². The number of halogens is 3. The normalized spacial score (nSPS) is 15.3. The number of hydrogen-bond acceptors (Lipinski definition) is 5. The van der Waals surface area contributed by atoms with Crippen molar-refractivity contribution in [3.63, 3.8) is 0 Å². The minimum absolute atomic E-state index is 0.201. The summed E-state index contributed by atoms with van der Waals surface area (Å²) in [5.41, 5.74) is 1.37. The average Bonchev–Trinajstić information content (AvgIpc) is 2.65. The SMILES string of the molecule is Cc1cc(Br)ccc1N1C(=O)NC(=O)/C(=C\c2cc(I)c(OCC(=O)O)c(I)c2)C1=O. The molecule has 1 heterocycles. The fraction of sp³-hybridized carbons (Fsp3) is 0.100. The van der Waals surface area contributed by atoms with Gasteiger partial charge in [-0.05, 0) is 99.6 Å². The Labute approximate surface area is 212 Å². The predicted molar refractivity (Wildman–Crippen MR) is 133 cm³/mol. The maximum Gasteiger partial charge on any atom is 0.341 e. The number of rotatable bonds is 5. The summed E-state index contributed by atoms with van der Waals surface area (Å²) in [6, 6.07) is 7.56. The fourth-order valence-electron chi connectivity index (χ4n) is 2.85. The molecule has 4 amide bonds. The maximum atomic E-state index is 13.1. The van der Waals surface area contributed by atoms with Gasteiger partial charge in [0.25, 0.3) is 11.8 Å². The molecular formula is C20H13BrI2N2O6. The first-order valence-electron chi connectivity index (χ1n) is 8.59. The Kier molecular flexibility index (Phi) is 7.36. The van der Waals surface area contributed by atoms with Gasteiger partial charge in [0, 0.05) is 4.47 Å². The Morgan fingerprint density at radius 1 is 1.19 bits per heavy atom. The lowest BCUT2D eigenvalue weighted by Gasteiger charge is -2.27. The topological polar surface area (TPSA) is 113 Å². The zero-order valence-electron chi connectivity index (χ0n) is 15.7. The van der Waals surface area contributed by atoms with Crippen molar-refractivity contribution in [2.75, 3.05) is 11.5 Å². The summed E-state index contributed by atoms with van der Waals surface area (Å²) < 4.78 is 7.30. The van der Waals surface area contributed by atoms with Crippen molar-refractivity contribution in [3.05, 3.63) is 58.6 Å². The van der Waals surface area contributed by atoms with Crippen LogP contribution in [0, 0.1) is 14.1 Å². The number of carboxylic acid groups (broad SMARTS) is 1. The lowest BCUT2D eigenvalue weighted by atomic mass is 10.1. The zero-order chi connectivity index (χ0) is 22.9. The number of ether oxygens (including phenoxy) is 1. The Bertz CT molecular complexity index is 1140. The molecule has 0 radical (unpaired) electrons. The van der Waals surface area contributed by atoms with Crippen LogP contribution in [0.15, 0.2) is 40.4 Å². The van der Waals surface area contributed by atoms with E-state index in [1.807, 2.05) is 45.2 Å². The standard InChI is InChI=1S/C20H13BrI2N2O6/c1-9-4-11(21)2-3-15(9)25-19(29)12(18(28)24-20(25)30)5-10-6-13(22)17(14(23)7-10)31-8-16(26)27/h2-7H,8H2,1H3,(H,26,27)(H,24,28,30)/b12-5+. The largest absolute Gasteiger partial charge is 0.480 e. The van der Waals surface area contributed by atoms with Crippen molar-refractivity contribution in [3.8, 4) is 5.75 Å². The molecule has 1 saturated heterocycles. The summed E-state index contributed by atoms with van der Waals surface area (Å²) in [5.74, 6) is -2.24. The number of imide groups is 2. The van der Waals surface area contributed by atoms with Gasteiger partial charge in [-0.25, -0.2) is 14.5 Å². The van der Waals surface area contributed by atoms with E-state index in [0.717, 1.165) is 9.37 Å². The molecule has 0 saturated carbocycles. The van der Waals surface area contributed by atoms with Crippen LogP contribution in [0.5, 0.6) is 5.75 Å². The lowest BCUT2D eigenvalue weighted by molar-refractivity contribution is -0.139. The second-order valence-corrected chi connectivity index (χ2v) is 9.62. The number of aryl methyl sites for hydroxylation is 1. The van der Waals surface area contributed by atoms with E-state index in [4.69, 9.17) is 9.84 Å². The van der Waals surface area contributed by atoms with Gasteiger partial charge in [0.05, 0.1) is 12.8 Å². The Morgan fingerprint density at radius 3 is 2.42 bits per heavy atom. The van der Waals surface area contributed by atoms with Gasteiger partial charge in [-0.2, -0.15) is 0 Å². The number of urea groups is 1. The molecule has 0 atom stereocenters. The molecule has 0 bridgehead atoms. The number of carbonyl (C=O) groups is 4. The van der Waals surface area contributed by atoms with E-state index in [2.05, 4.69) is 21.2 Å². The van der Waals surface area contributed by atoms with Gasteiger partial charge in [0.1, 0.15) is 11.3 Å². The summed E-state index contributed by atoms with van der Waals surface area (Å²) in [7, 11) is 0. The molecule has 1 fully saturated rings. The second kappa shape index (κ2) is 9.65. The van der Waals surface area contributed by atoms with Crippen molar-refractivity contribution < 1.29 is 29.0 Å². The van der Waals surface area contributed by atoms with Crippen LogP contribution in [-0.2, 0) is 14.4 Å². The Hall–Kier alpha value is -2.00. The monoisotopic (exact) mass is 710 g/mol. The molecule has 1 aliphatic heterocycles. The van der Waals surface area contributed by atoms with Crippen molar-refractivity contribution in [1.29, 1.82) is 0 Å². The van der Waals surface area contributed by atoms with Crippen LogP contribution in [-0.4, -0.2) is 35.5 Å². The summed E-state index contributed by atoms with van der Waals surface area (Å²) in [5, 5.41) is 11.0. The van der Waals surface area contributed by atoms with Crippen molar-refractivity contribution in [1.82, 2.24) is 5.32 Å². The predicted octanol–water partition coefficient (Wildman–Crippen LogP) is 4.10. The Morgan fingerprint density at radius 2 is 1.84 bits per heavy atom. The van der Waals surface area contributed by atoms with E-state index in [-0.39, 0.29) is 5.57 Å². The van der Waals surface area contributed by atoms with E-state index in [1.54, 1.807) is 37.3 Å². The number of nitrogens with zero attached hydrogens (tertiary/aromatic N) is 1. The van der Waals surface area contributed by atoms with Crippen LogP contribution < -0.4 is 15.0 Å². The zero-order valence-corrected chi connectivity index (χ0v) is 21.6. The minimum atomic E-state index is -1.10. The Balaban J connectivity index is 1.99. The van der Waals surface area contributed by atoms with E-state index in [9.17, 15) is 19.2 Å². The number of carboxylic acids is 1.